The van der Waals surface area contributed by atoms with E-state index in [1.165, 1.54) is 11.0 Å². The van der Waals surface area contributed by atoms with Gasteiger partial charge in [-0.25, -0.2) is 4.39 Å². The fourth-order valence-electron chi connectivity index (χ4n) is 1.78. The molecule has 0 fully saturated rings. The molecule has 2 aromatic carbocycles. The van der Waals surface area contributed by atoms with Crippen LogP contribution in [-0.4, -0.2) is 24.5 Å². The van der Waals surface area contributed by atoms with Crippen LogP contribution in [0.25, 0.3) is 0 Å². The zero-order chi connectivity index (χ0) is 15.2. The summed E-state index contributed by atoms with van der Waals surface area (Å²) in [6, 6.07) is 13.9. The van der Waals surface area contributed by atoms with Crippen molar-refractivity contribution >= 4 is 28.5 Å². The third kappa shape index (κ3) is 4.42. The zero-order valence-corrected chi connectivity index (χ0v) is 13.7. The summed E-state index contributed by atoms with van der Waals surface area (Å²) in [5.74, 6) is 0.166. The highest BCUT2D eigenvalue weighted by Crippen LogP contribution is 2.19. The van der Waals surface area contributed by atoms with Gasteiger partial charge in [-0.05, 0) is 40.8 Å². The first kappa shape index (κ1) is 15.8. The molecule has 0 saturated heterocycles. The Labute approximate surface area is 136 Å². The Kier molecular flexibility index (Phi) is 5.55. The molecular formula is C16H15FINO2. The third-order valence-corrected chi connectivity index (χ3v) is 3.87. The number of benzene rings is 2. The fourth-order valence-corrected chi connectivity index (χ4v) is 2.32. The van der Waals surface area contributed by atoms with Gasteiger partial charge in [-0.3, -0.25) is 4.79 Å². The first-order valence-corrected chi connectivity index (χ1v) is 7.50. The minimum atomic E-state index is -0.310. The maximum absolute atomic E-state index is 13.5. The molecule has 0 radical (unpaired) electrons. The lowest BCUT2D eigenvalue weighted by Gasteiger charge is -2.18. The van der Waals surface area contributed by atoms with Gasteiger partial charge in [0.15, 0.2) is 6.61 Å². The van der Waals surface area contributed by atoms with Gasteiger partial charge in [0.05, 0.1) is 3.57 Å². The molecule has 5 heteroatoms. The van der Waals surface area contributed by atoms with Crippen LogP contribution in [0, 0.1) is 9.39 Å². The van der Waals surface area contributed by atoms with Crippen molar-refractivity contribution in [3.63, 3.8) is 0 Å². The lowest BCUT2D eigenvalue weighted by atomic mass is 10.2. The monoisotopic (exact) mass is 399 g/mol. The molecule has 0 spiro atoms. The summed E-state index contributed by atoms with van der Waals surface area (Å²) in [5.41, 5.74) is 0.489. The number of carbonyl (C=O) groups is 1. The largest absolute Gasteiger partial charge is 0.483 e. The molecule has 0 aromatic heterocycles. The number of rotatable bonds is 5. The maximum Gasteiger partial charge on any atom is 0.260 e. The van der Waals surface area contributed by atoms with Crippen molar-refractivity contribution in [3.05, 3.63) is 63.5 Å². The Morgan fingerprint density at radius 1 is 1.19 bits per heavy atom. The highest BCUT2D eigenvalue weighted by Gasteiger charge is 2.12. The average molecular weight is 399 g/mol. The van der Waals surface area contributed by atoms with Gasteiger partial charge >= 0.3 is 0 Å². The highest BCUT2D eigenvalue weighted by molar-refractivity contribution is 14.1. The van der Waals surface area contributed by atoms with E-state index in [4.69, 9.17) is 4.74 Å². The Morgan fingerprint density at radius 3 is 2.57 bits per heavy atom. The fraction of sp³-hybridized carbons (Fsp3) is 0.188. The minimum absolute atomic E-state index is 0.0645. The van der Waals surface area contributed by atoms with Crippen LogP contribution in [-0.2, 0) is 11.3 Å². The van der Waals surface area contributed by atoms with Crippen molar-refractivity contribution < 1.29 is 13.9 Å². The molecule has 0 heterocycles. The third-order valence-electron chi connectivity index (χ3n) is 2.98. The number of amides is 1. The summed E-state index contributed by atoms with van der Waals surface area (Å²) < 4.78 is 20.0. The predicted molar refractivity (Wildman–Crippen MR) is 87.5 cm³/mol. The van der Waals surface area contributed by atoms with Crippen LogP contribution in [0.1, 0.15) is 5.56 Å². The number of carbonyl (C=O) groups excluding carboxylic acids is 1. The van der Waals surface area contributed by atoms with Crippen molar-refractivity contribution in [1.29, 1.82) is 0 Å². The van der Waals surface area contributed by atoms with Gasteiger partial charge in [-0.1, -0.05) is 30.3 Å². The minimum Gasteiger partial charge on any atom is -0.483 e. The summed E-state index contributed by atoms with van der Waals surface area (Å²) in [6.07, 6.45) is 0. The highest BCUT2D eigenvalue weighted by atomic mass is 127. The van der Waals surface area contributed by atoms with E-state index in [9.17, 15) is 9.18 Å². The molecule has 3 nitrogen and oxygen atoms in total. The summed E-state index contributed by atoms with van der Waals surface area (Å²) in [7, 11) is 1.63. The van der Waals surface area contributed by atoms with Gasteiger partial charge in [0.2, 0.25) is 0 Å². The Morgan fingerprint density at radius 2 is 1.86 bits per heavy atom. The number of ether oxygens (including phenoxy) is 1. The van der Waals surface area contributed by atoms with E-state index in [0.717, 1.165) is 3.57 Å². The van der Waals surface area contributed by atoms with E-state index in [1.807, 2.05) is 24.3 Å². The number of para-hydroxylation sites is 1. The molecular weight excluding hydrogens is 384 g/mol. The Hall–Kier alpha value is -1.63. The molecule has 0 N–H and O–H groups in total. The second-order valence-corrected chi connectivity index (χ2v) is 5.72. The molecule has 0 aliphatic rings. The van der Waals surface area contributed by atoms with E-state index >= 15 is 0 Å². The first-order chi connectivity index (χ1) is 10.1. The summed E-state index contributed by atoms with van der Waals surface area (Å²) >= 11 is 2.15. The molecule has 0 unspecified atom stereocenters. The van der Waals surface area contributed by atoms with Crippen molar-refractivity contribution in [3.8, 4) is 5.75 Å². The van der Waals surface area contributed by atoms with Gasteiger partial charge in [-0.2, -0.15) is 0 Å². The SMILES string of the molecule is CN(Cc1ccccc1F)C(=O)COc1ccccc1I. The molecule has 21 heavy (non-hydrogen) atoms. The van der Waals surface area contributed by atoms with E-state index in [-0.39, 0.29) is 24.9 Å². The summed E-state index contributed by atoms with van der Waals surface area (Å²) in [6.45, 7) is 0.158. The molecule has 1 amide bonds. The quantitative estimate of drug-likeness (QED) is 0.721. The molecule has 0 atom stereocenters. The number of halogens is 2. The topological polar surface area (TPSA) is 29.5 Å². The number of hydrogen-bond donors (Lipinski definition) is 0. The second kappa shape index (κ2) is 7.40. The molecule has 0 aliphatic carbocycles. The maximum atomic E-state index is 13.5. The van der Waals surface area contributed by atoms with Crippen LogP contribution in [0.5, 0.6) is 5.75 Å². The van der Waals surface area contributed by atoms with Gasteiger partial charge < -0.3 is 9.64 Å². The van der Waals surface area contributed by atoms with Crippen molar-refractivity contribution in [2.45, 2.75) is 6.54 Å². The van der Waals surface area contributed by atoms with Gasteiger partial charge in [-0.15, -0.1) is 0 Å². The molecule has 0 aliphatic heterocycles. The summed E-state index contributed by atoms with van der Waals surface area (Å²) in [4.78, 5) is 13.5. The number of hydrogen-bond acceptors (Lipinski definition) is 2. The van der Waals surface area contributed by atoms with E-state index < -0.39 is 0 Å². The standard InChI is InChI=1S/C16H15FINO2/c1-19(10-12-6-2-3-7-13(12)17)16(20)11-21-15-9-5-4-8-14(15)18/h2-9H,10-11H2,1H3. The van der Waals surface area contributed by atoms with Gasteiger partial charge in [0, 0.05) is 19.2 Å². The zero-order valence-electron chi connectivity index (χ0n) is 11.6. The van der Waals surface area contributed by atoms with E-state index in [1.54, 1.807) is 25.2 Å². The van der Waals surface area contributed by atoms with Crippen LogP contribution < -0.4 is 4.74 Å². The lowest BCUT2D eigenvalue weighted by molar-refractivity contribution is -0.132. The van der Waals surface area contributed by atoms with Crippen LogP contribution in [0.2, 0.25) is 0 Å². The van der Waals surface area contributed by atoms with E-state index in [2.05, 4.69) is 22.6 Å². The van der Waals surface area contributed by atoms with Gasteiger partial charge in [0.25, 0.3) is 5.91 Å². The number of likely N-dealkylation sites (N-methyl/N-ethyl adjacent to an activating group) is 1. The molecule has 2 aromatic rings. The molecule has 0 bridgehead atoms. The molecule has 2 rings (SSSR count). The van der Waals surface area contributed by atoms with Crippen LogP contribution >= 0.6 is 22.6 Å². The van der Waals surface area contributed by atoms with Crippen molar-refractivity contribution in [2.24, 2.45) is 0 Å². The second-order valence-electron chi connectivity index (χ2n) is 4.56. The first-order valence-electron chi connectivity index (χ1n) is 6.42. The van der Waals surface area contributed by atoms with Gasteiger partial charge in [0.1, 0.15) is 11.6 Å². The van der Waals surface area contributed by atoms with Crippen LogP contribution in [0.15, 0.2) is 48.5 Å². The average Bonchev–Trinajstić information content (AvgIpc) is 2.48. The molecule has 110 valence electrons. The number of nitrogens with zero attached hydrogens (tertiary/aromatic N) is 1. The lowest BCUT2D eigenvalue weighted by Crippen LogP contribution is -2.31. The Balaban J connectivity index is 1.91. The normalized spacial score (nSPS) is 10.2. The predicted octanol–water partition coefficient (Wildman–Crippen LogP) is 3.47. The summed E-state index contributed by atoms with van der Waals surface area (Å²) in [5, 5.41) is 0. The molecule has 0 saturated carbocycles. The van der Waals surface area contributed by atoms with Crippen molar-refractivity contribution in [1.82, 2.24) is 4.90 Å². The van der Waals surface area contributed by atoms with Crippen molar-refractivity contribution in [2.75, 3.05) is 13.7 Å². The smallest absolute Gasteiger partial charge is 0.260 e. The Bertz CT molecular complexity index is 633. The van der Waals surface area contributed by atoms with Crippen LogP contribution in [0.4, 0.5) is 4.39 Å². The van der Waals surface area contributed by atoms with E-state index in [0.29, 0.717) is 11.3 Å². The van der Waals surface area contributed by atoms with Crippen LogP contribution in [0.3, 0.4) is 0 Å².